The van der Waals surface area contributed by atoms with Gasteiger partial charge >= 0.3 is 5.97 Å². The fourth-order valence-corrected chi connectivity index (χ4v) is 7.40. The van der Waals surface area contributed by atoms with Crippen molar-refractivity contribution >= 4 is 23.3 Å². The molecule has 0 saturated heterocycles. The zero-order chi connectivity index (χ0) is 24.3. The molecule has 4 aliphatic rings. The van der Waals surface area contributed by atoms with E-state index in [1.54, 1.807) is 42.5 Å². The molecule has 5 rings (SSSR count). The van der Waals surface area contributed by atoms with Crippen LogP contribution in [-0.4, -0.2) is 40.6 Å². The van der Waals surface area contributed by atoms with Gasteiger partial charge in [-0.2, -0.15) is 0 Å². The molecule has 34 heavy (non-hydrogen) atoms. The lowest BCUT2D eigenvalue weighted by Crippen LogP contribution is -2.60. The highest BCUT2D eigenvalue weighted by Crippen LogP contribution is 2.66. The minimum Gasteiger partial charge on any atom is -0.454 e. The fraction of sp³-hybridized carbons (Fsp3) is 0.500. The van der Waals surface area contributed by atoms with E-state index < -0.39 is 34.8 Å². The average Bonchev–Trinajstić information content (AvgIpc) is 3.09. The summed E-state index contributed by atoms with van der Waals surface area (Å²) < 4.78 is 5.24. The van der Waals surface area contributed by atoms with Crippen molar-refractivity contribution in [2.75, 3.05) is 6.61 Å². The maximum atomic E-state index is 13.6. The van der Waals surface area contributed by atoms with Crippen LogP contribution in [0, 0.1) is 28.6 Å². The average molecular weight is 463 g/mol. The van der Waals surface area contributed by atoms with E-state index in [9.17, 15) is 24.3 Å². The summed E-state index contributed by atoms with van der Waals surface area (Å²) in [6, 6.07) is 8.41. The Morgan fingerprint density at radius 3 is 2.59 bits per heavy atom. The summed E-state index contributed by atoms with van der Waals surface area (Å²) in [5.74, 6) is -1.40. The van der Waals surface area contributed by atoms with Gasteiger partial charge in [-0.05, 0) is 61.8 Å². The van der Waals surface area contributed by atoms with Gasteiger partial charge in [0.2, 0.25) is 5.78 Å². The molecule has 0 bridgehead atoms. The number of aliphatic hydroxyl groups is 1. The van der Waals surface area contributed by atoms with Crippen LogP contribution in [0.5, 0.6) is 0 Å². The fourth-order valence-electron chi connectivity index (χ4n) is 7.40. The molecule has 1 aromatic rings. The molecule has 6 heteroatoms. The predicted octanol–water partition coefficient (Wildman–Crippen LogP) is 3.63. The van der Waals surface area contributed by atoms with Gasteiger partial charge in [-0.15, -0.1) is 0 Å². The third-order valence-electron chi connectivity index (χ3n) is 9.21. The van der Waals surface area contributed by atoms with Gasteiger partial charge in [0.1, 0.15) is 11.4 Å². The summed E-state index contributed by atoms with van der Waals surface area (Å²) in [6.45, 7) is 3.36. The lowest BCUT2D eigenvalue weighted by Gasteiger charge is -2.56. The van der Waals surface area contributed by atoms with Crippen LogP contribution in [0.1, 0.15) is 56.3 Å². The number of ketones is 3. The van der Waals surface area contributed by atoms with Crippen LogP contribution < -0.4 is 0 Å². The number of ether oxygens (including phenoxy) is 1. The third-order valence-corrected chi connectivity index (χ3v) is 9.21. The highest BCUT2D eigenvalue weighted by molar-refractivity contribution is 6.02. The number of carbonyl (C=O) groups is 4. The molecular weight excluding hydrogens is 432 g/mol. The second-order valence-corrected chi connectivity index (χ2v) is 10.8. The maximum absolute atomic E-state index is 13.6. The molecule has 0 aromatic heterocycles. The second kappa shape index (κ2) is 7.84. The van der Waals surface area contributed by atoms with Crippen molar-refractivity contribution in [2.45, 2.75) is 51.6 Å². The first-order valence-corrected chi connectivity index (χ1v) is 12.0. The number of hydrogen-bond acceptors (Lipinski definition) is 6. The molecule has 0 unspecified atom stereocenters. The predicted molar refractivity (Wildman–Crippen MR) is 124 cm³/mol. The number of rotatable bonds is 4. The Balaban J connectivity index is 1.38. The van der Waals surface area contributed by atoms with E-state index in [2.05, 4.69) is 0 Å². The molecule has 1 aromatic carbocycles. The molecule has 0 heterocycles. The largest absolute Gasteiger partial charge is 0.454 e. The van der Waals surface area contributed by atoms with Crippen LogP contribution in [0.25, 0.3) is 0 Å². The Labute approximate surface area is 199 Å². The number of hydrogen-bond donors (Lipinski definition) is 1. The van der Waals surface area contributed by atoms with E-state index >= 15 is 0 Å². The molecule has 0 radical (unpaired) electrons. The first-order valence-electron chi connectivity index (χ1n) is 12.0. The molecule has 6 atom stereocenters. The summed E-state index contributed by atoms with van der Waals surface area (Å²) in [5.41, 5.74) is -1.77. The van der Waals surface area contributed by atoms with Gasteiger partial charge in [0.15, 0.2) is 12.4 Å². The molecule has 6 nitrogen and oxygen atoms in total. The van der Waals surface area contributed by atoms with E-state index in [-0.39, 0.29) is 42.2 Å². The van der Waals surface area contributed by atoms with E-state index in [0.717, 1.165) is 18.4 Å². The van der Waals surface area contributed by atoms with Gasteiger partial charge in [-0.3, -0.25) is 14.4 Å². The lowest BCUT2D eigenvalue weighted by atomic mass is 9.46. The van der Waals surface area contributed by atoms with Crippen molar-refractivity contribution < 1.29 is 29.0 Å². The number of Topliss-reactive ketones (excluding diaryl/α,β-unsaturated/α-hetero) is 2. The number of carbonyl (C=O) groups excluding carboxylic acids is 4. The summed E-state index contributed by atoms with van der Waals surface area (Å²) in [4.78, 5) is 51.1. The molecule has 4 aliphatic carbocycles. The Kier molecular flexibility index (Phi) is 5.28. The number of fused-ring (bicyclic) bond motifs is 5. The van der Waals surface area contributed by atoms with Gasteiger partial charge in [-0.1, -0.05) is 43.7 Å². The minimum absolute atomic E-state index is 0.00150. The number of benzene rings is 1. The van der Waals surface area contributed by atoms with Crippen LogP contribution in [0.15, 0.2) is 54.1 Å². The summed E-state index contributed by atoms with van der Waals surface area (Å²) in [7, 11) is 0. The van der Waals surface area contributed by atoms with Crippen LogP contribution in [0.2, 0.25) is 0 Å². The van der Waals surface area contributed by atoms with Gasteiger partial charge in [0.25, 0.3) is 0 Å². The summed E-state index contributed by atoms with van der Waals surface area (Å²) in [6.07, 6.45) is 7.59. The van der Waals surface area contributed by atoms with Crippen LogP contribution in [0.3, 0.4) is 0 Å². The Bertz CT molecular complexity index is 1130. The molecule has 0 spiro atoms. The molecule has 3 saturated carbocycles. The van der Waals surface area contributed by atoms with Crippen LogP contribution in [-0.2, 0) is 19.1 Å². The van der Waals surface area contributed by atoms with Crippen molar-refractivity contribution in [1.82, 2.24) is 0 Å². The Morgan fingerprint density at radius 2 is 1.85 bits per heavy atom. The quantitative estimate of drug-likeness (QED) is 0.687. The highest BCUT2D eigenvalue weighted by atomic mass is 16.5. The molecule has 1 N–H and O–H groups in total. The number of esters is 1. The number of allylic oxidation sites excluding steroid dienone is 4. The Morgan fingerprint density at radius 1 is 1.12 bits per heavy atom. The van der Waals surface area contributed by atoms with Crippen LogP contribution >= 0.6 is 0 Å². The third kappa shape index (κ3) is 3.18. The zero-order valence-electron chi connectivity index (χ0n) is 19.6. The van der Waals surface area contributed by atoms with E-state index in [1.807, 2.05) is 19.9 Å². The van der Waals surface area contributed by atoms with Gasteiger partial charge in [-0.25, -0.2) is 4.79 Å². The molecular formula is C28H30O6. The molecule has 0 aliphatic heterocycles. The van der Waals surface area contributed by atoms with Gasteiger partial charge in [0.05, 0.1) is 5.56 Å². The van der Waals surface area contributed by atoms with Crippen molar-refractivity contribution in [1.29, 1.82) is 0 Å². The minimum atomic E-state index is -1.72. The van der Waals surface area contributed by atoms with E-state index in [0.29, 0.717) is 12.0 Å². The lowest BCUT2D eigenvalue weighted by molar-refractivity contribution is -0.169. The van der Waals surface area contributed by atoms with Crippen molar-refractivity contribution in [3.63, 3.8) is 0 Å². The normalized spacial score (nSPS) is 38.4. The molecule has 3 fully saturated rings. The standard InChI is InChI=1S/C28H30O6/c1-26-12-10-19(29)14-18(26)8-9-20-21-11-13-28(33,27(21,2)15-22(30)24(20)26)23(31)16-34-25(32)17-6-4-3-5-7-17/h3-7,10,12,14,20-21,24,33H,8-9,11,13,15-16H2,1-2H3/t20-,21-,24+,26-,27-,28-/m0/s1. The van der Waals surface area contributed by atoms with Crippen molar-refractivity contribution in [3.05, 3.63) is 59.7 Å². The first kappa shape index (κ1) is 22.9. The van der Waals surface area contributed by atoms with Gasteiger partial charge < -0.3 is 9.84 Å². The second-order valence-electron chi connectivity index (χ2n) is 10.8. The summed E-state index contributed by atoms with van der Waals surface area (Å²) >= 11 is 0. The van der Waals surface area contributed by atoms with Crippen molar-refractivity contribution in [3.8, 4) is 0 Å². The topological polar surface area (TPSA) is 97.7 Å². The van der Waals surface area contributed by atoms with Crippen molar-refractivity contribution in [2.24, 2.45) is 28.6 Å². The SMILES string of the molecule is C[C@]12C=CC(=O)C=C1CC[C@@H]1[C@@H]2C(=O)C[C@@]2(C)[C@H]1CC[C@]2(O)C(=O)COC(=O)c1ccccc1. The smallest absolute Gasteiger partial charge is 0.338 e. The monoisotopic (exact) mass is 462 g/mol. The van der Waals surface area contributed by atoms with Crippen LogP contribution in [0.4, 0.5) is 0 Å². The first-order chi connectivity index (χ1) is 16.1. The Hall–Kier alpha value is -2.86. The zero-order valence-corrected chi connectivity index (χ0v) is 19.6. The van der Waals surface area contributed by atoms with E-state index in [4.69, 9.17) is 4.74 Å². The molecule has 178 valence electrons. The summed E-state index contributed by atoms with van der Waals surface area (Å²) in [5, 5.41) is 11.7. The maximum Gasteiger partial charge on any atom is 0.338 e. The van der Waals surface area contributed by atoms with E-state index in [1.165, 1.54) is 0 Å². The van der Waals surface area contributed by atoms with Gasteiger partial charge in [0, 0.05) is 23.2 Å². The highest BCUT2D eigenvalue weighted by Gasteiger charge is 2.68. The molecule has 0 amide bonds.